The van der Waals surface area contributed by atoms with E-state index in [0.29, 0.717) is 50.4 Å². The molecule has 0 saturated carbocycles. The average Bonchev–Trinajstić information content (AvgIpc) is 3.13. The lowest BCUT2D eigenvalue weighted by atomic mass is 9.93. The summed E-state index contributed by atoms with van der Waals surface area (Å²) in [6, 6.07) is 13.6. The average molecular weight is 541 g/mol. The molecule has 2 aromatic rings. The van der Waals surface area contributed by atoms with Crippen LogP contribution in [0.3, 0.4) is 0 Å². The Morgan fingerprint density at radius 1 is 1.03 bits per heavy atom. The Kier molecular flexibility index (Phi) is 8.54. The molecule has 0 radical (unpaired) electrons. The summed E-state index contributed by atoms with van der Waals surface area (Å²) in [7, 11) is -1.97. The van der Waals surface area contributed by atoms with Gasteiger partial charge in [0.05, 0.1) is 23.1 Å². The van der Waals surface area contributed by atoms with Crippen molar-refractivity contribution in [1.82, 2.24) is 19.4 Å². The first kappa shape index (κ1) is 27.8. The fraction of sp³-hybridized carbons (Fsp3) is 0.429. The Bertz CT molecular complexity index is 1320. The van der Waals surface area contributed by atoms with E-state index in [0.717, 1.165) is 16.7 Å². The van der Waals surface area contributed by atoms with Crippen LogP contribution in [0.1, 0.15) is 36.1 Å². The van der Waals surface area contributed by atoms with Gasteiger partial charge in [0.2, 0.25) is 10.0 Å². The van der Waals surface area contributed by atoms with E-state index >= 15 is 0 Å². The molecule has 204 valence electrons. The minimum Gasteiger partial charge on any atom is -0.463 e. The minimum atomic E-state index is -3.61. The van der Waals surface area contributed by atoms with Gasteiger partial charge in [0.1, 0.15) is 0 Å². The van der Waals surface area contributed by atoms with Crippen LogP contribution in [0.2, 0.25) is 0 Å². The molecule has 1 saturated heterocycles. The molecule has 0 bridgehead atoms. The monoisotopic (exact) mass is 540 g/mol. The fourth-order valence-electron chi connectivity index (χ4n) is 4.91. The van der Waals surface area contributed by atoms with Crippen LogP contribution in [-0.2, 0) is 19.6 Å². The van der Waals surface area contributed by atoms with Crippen LogP contribution in [0, 0.1) is 13.8 Å². The third-order valence-electron chi connectivity index (χ3n) is 7.03. The molecule has 0 aromatic heterocycles. The molecule has 2 aliphatic rings. The first-order valence-electron chi connectivity index (χ1n) is 12.9. The summed E-state index contributed by atoms with van der Waals surface area (Å²) in [4.78, 5) is 30.1. The van der Waals surface area contributed by atoms with Gasteiger partial charge in [-0.1, -0.05) is 47.5 Å². The first-order valence-corrected chi connectivity index (χ1v) is 14.4. The second-order valence-electron chi connectivity index (χ2n) is 9.78. The standard InChI is InChI=1S/C28H36N4O5S/c1-5-37-27(33)25-24(30(4)28(34)29-26(25)22-9-6-8-21(3)18-22)19-31-14-7-15-32(17-16-31)38(35,36)23-12-10-20(2)11-13-23/h6,8-13,18,26H,5,7,14-17,19H2,1-4H3,(H,29,34)/t26-/m1/s1. The van der Waals surface area contributed by atoms with Gasteiger partial charge in [-0.2, -0.15) is 4.31 Å². The fourth-order valence-corrected chi connectivity index (χ4v) is 6.38. The molecule has 0 spiro atoms. The number of esters is 1. The molecule has 1 N–H and O–H groups in total. The third kappa shape index (κ3) is 5.92. The largest absolute Gasteiger partial charge is 0.463 e. The lowest BCUT2D eigenvalue weighted by molar-refractivity contribution is -0.139. The SMILES string of the molecule is CCOC(=O)C1=C(CN2CCCN(S(=O)(=O)c3ccc(C)cc3)CC2)N(C)C(=O)N[C@@H]1c1cccc(C)c1. The Morgan fingerprint density at radius 2 is 1.76 bits per heavy atom. The molecule has 9 nitrogen and oxygen atoms in total. The molecule has 2 aliphatic heterocycles. The maximum Gasteiger partial charge on any atom is 0.338 e. The second kappa shape index (κ2) is 11.7. The number of urea groups is 1. The Labute approximate surface area is 225 Å². The number of hydrogen-bond acceptors (Lipinski definition) is 6. The van der Waals surface area contributed by atoms with Crippen LogP contribution in [0.5, 0.6) is 0 Å². The molecule has 4 rings (SSSR count). The number of amides is 2. The highest BCUT2D eigenvalue weighted by Crippen LogP contribution is 2.32. The summed E-state index contributed by atoms with van der Waals surface area (Å²) in [5.74, 6) is -0.473. The quantitative estimate of drug-likeness (QED) is 0.542. The molecule has 38 heavy (non-hydrogen) atoms. The Balaban J connectivity index is 1.61. The van der Waals surface area contributed by atoms with Crippen LogP contribution in [0.25, 0.3) is 0 Å². The first-order chi connectivity index (χ1) is 18.1. The van der Waals surface area contributed by atoms with E-state index in [-0.39, 0.29) is 17.5 Å². The van der Waals surface area contributed by atoms with E-state index in [1.165, 1.54) is 9.21 Å². The van der Waals surface area contributed by atoms with Crippen LogP contribution < -0.4 is 5.32 Å². The van der Waals surface area contributed by atoms with Gasteiger partial charge in [-0.05, 0) is 51.4 Å². The van der Waals surface area contributed by atoms with E-state index in [2.05, 4.69) is 10.2 Å². The summed E-state index contributed by atoms with van der Waals surface area (Å²) in [6.45, 7) is 7.98. The van der Waals surface area contributed by atoms with Gasteiger partial charge in [0.15, 0.2) is 0 Å². The van der Waals surface area contributed by atoms with Gasteiger partial charge < -0.3 is 10.1 Å². The lowest BCUT2D eigenvalue weighted by Gasteiger charge is -2.36. The van der Waals surface area contributed by atoms with E-state index in [9.17, 15) is 18.0 Å². The highest BCUT2D eigenvalue weighted by atomic mass is 32.2. The van der Waals surface area contributed by atoms with Gasteiger partial charge in [-0.3, -0.25) is 9.80 Å². The van der Waals surface area contributed by atoms with E-state index in [1.807, 2.05) is 38.1 Å². The number of rotatable bonds is 7. The summed E-state index contributed by atoms with van der Waals surface area (Å²) in [5, 5.41) is 2.95. The Morgan fingerprint density at radius 3 is 2.45 bits per heavy atom. The van der Waals surface area contributed by atoms with Crippen molar-refractivity contribution in [2.75, 3.05) is 46.4 Å². The number of aryl methyl sites for hydroxylation is 2. The number of carbonyl (C=O) groups excluding carboxylic acids is 2. The molecule has 2 aromatic carbocycles. The molecular formula is C28H36N4O5S. The maximum atomic E-state index is 13.3. The zero-order valence-corrected chi connectivity index (χ0v) is 23.3. The molecule has 1 fully saturated rings. The zero-order chi connectivity index (χ0) is 27.4. The van der Waals surface area contributed by atoms with Gasteiger partial charge in [0, 0.05) is 38.9 Å². The highest BCUT2D eigenvalue weighted by Gasteiger charge is 2.38. The number of nitrogens with one attached hydrogen (secondary N) is 1. The van der Waals surface area contributed by atoms with Gasteiger partial charge in [0.25, 0.3) is 0 Å². The number of carbonyl (C=O) groups is 2. The molecule has 0 unspecified atom stereocenters. The van der Waals surface area contributed by atoms with Crippen LogP contribution >= 0.6 is 0 Å². The van der Waals surface area contributed by atoms with Crippen molar-refractivity contribution in [1.29, 1.82) is 0 Å². The summed E-state index contributed by atoms with van der Waals surface area (Å²) in [6.07, 6.45) is 0.629. The van der Waals surface area contributed by atoms with Crippen molar-refractivity contribution in [2.45, 2.75) is 38.1 Å². The molecule has 2 heterocycles. The van der Waals surface area contributed by atoms with Crippen LogP contribution in [0.4, 0.5) is 4.79 Å². The number of sulfonamides is 1. The van der Waals surface area contributed by atoms with E-state index < -0.39 is 22.0 Å². The minimum absolute atomic E-state index is 0.212. The smallest absolute Gasteiger partial charge is 0.338 e. The van der Waals surface area contributed by atoms with Crippen molar-refractivity contribution in [3.63, 3.8) is 0 Å². The Hall–Kier alpha value is -3.21. The molecule has 0 aliphatic carbocycles. The van der Waals surface area contributed by atoms with E-state index in [4.69, 9.17) is 4.74 Å². The lowest BCUT2D eigenvalue weighted by Crippen LogP contribution is -2.49. The molecular weight excluding hydrogens is 504 g/mol. The summed E-state index contributed by atoms with van der Waals surface area (Å²) < 4.78 is 33.5. The number of benzene rings is 2. The molecule has 1 atom stereocenters. The second-order valence-corrected chi connectivity index (χ2v) is 11.7. The van der Waals surface area contributed by atoms with Crippen molar-refractivity contribution in [2.24, 2.45) is 0 Å². The van der Waals surface area contributed by atoms with Crippen molar-refractivity contribution >= 4 is 22.0 Å². The number of likely N-dealkylation sites (N-methyl/N-ethyl adjacent to an activating group) is 1. The van der Waals surface area contributed by atoms with Crippen LogP contribution in [-0.4, -0.2) is 80.9 Å². The zero-order valence-electron chi connectivity index (χ0n) is 22.4. The molecule has 10 heteroatoms. The van der Waals surface area contributed by atoms with E-state index in [1.54, 1.807) is 38.2 Å². The topological polar surface area (TPSA) is 99.3 Å². The highest BCUT2D eigenvalue weighted by molar-refractivity contribution is 7.89. The van der Waals surface area contributed by atoms with Crippen molar-refractivity contribution < 1.29 is 22.7 Å². The maximum absolute atomic E-state index is 13.3. The molecule has 2 amide bonds. The predicted octanol–water partition coefficient (Wildman–Crippen LogP) is 3.21. The number of hydrogen-bond donors (Lipinski definition) is 1. The number of ether oxygens (including phenoxy) is 1. The summed E-state index contributed by atoms with van der Waals surface area (Å²) in [5.41, 5.74) is 3.78. The van der Waals surface area contributed by atoms with Crippen LogP contribution in [0.15, 0.2) is 64.7 Å². The third-order valence-corrected chi connectivity index (χ3v) is 8.94. The number of nitrogens with zero attached hydrogens (tertiary/aromatic N) is 3. The van der Waals surface area contributed by atoms with Gasteiger partial charge in [-0.15, -0.1) is 0 Å². The van der Waals surface area contributed by atoms with Gasteiger partial charge in [-0.25, -0.2) is 18.0 Å². The van der Waals surface area contributed by atoms with Crippen molar-refractivity contribution in [3.8, 4) is 0 Å². The predicted molar refractivity (Wildman–Crippen MR) is 145 cm³/mol. The summed E-state index contributed by atoms with van der Waals surface area (Å²) >= 11 is 0. The normalized spacial score (nSPS) is 19.7. The van der Waals surface area contributed by atoms with Gasteiger partial charge >= 0.3 is 12.0 Å². The van der Waals surface area contributed by atoms with Crippen molar-refractivity contribution in [3.05, 3.63) is 76.5 Å².